The minimum Gasteiger partial charge on any atom is -0.339 e. The summed E-state index contributed by atoms with van der Waals surface area (Å²) in [6, 6.07) is 8.05. The van der Waals surface area contributed by atoms with E-state index in [-0.39, 0.29) is 5.91 Å². The van der Waals surface area contributed by atoms with E-state index in [9.17, 15) is 4.79 Å². The van der Waals surface area contributed by atoms with Crippen molar-refractivity contribution in [1.82, 2.24) is 14.9 Å². The van der Waals surface area contributed by atoms with E-state index in [0.717, 1.165) is 31.6 Å². The maximum Gasteiger partial charge on any atom is 0.274 e. The predicted molar refractivity (Wildman–Crippen MR) is 90.8 cm³/mol. The third-order valence-electron chi connectivity index (χ3n) is 4.27. The van der Waals surface area contributed by atoms with Gasteiger partial charge in [0.05, 0.1) is 12.4 Å². The molecule has 1 amide bonds. The predicted octanol–water partition coefficient (Wildman–Crippen LogP) is 3.40. The SMILES string of the molecule is Cc1ccc(Nc2cnc(C(=O)N3CCC(C)CC3)cn2)cc1. The van der Waals surface area contributed by atoms with Crippen LogP contribution in [0, 0.1) is 12.8 Å². The van der Waals surface area contributed by atoms with Gasteiger partial charge in [-0.05, 0) is 37.8 Å². The zero-order valence-corrected chi connectivity index (χ0v) is 13.6. The number of hydrogen-bond acceptors (Lipinski definition) is 4. The van der Waals surface area contributed by atoms with Crippen LogP contribution in [0.25, 0.3) is 0 Å². The summed E-state index contributed by atoms with van der Waals surface area (Å²) in [5, 5.41) is 3.18. The van der Waals surface area contributed by atoms with Crippen LogP contribution in [-0.4, -0.2) is 33.9 Å². The zero-order chi connectivity index (χ0) is 16.2. The molecule has 0 aliphatic carbocycles. The number of nitrogens with one attached hydrogen (secondary N) is 1. The maximum atomic E-state index is 12.4. The fraction of sp³-hybridized carbons (Fsp3) is 0.389. The van der Waals surface area contributed by atoms with Crippen molar-refractivity contribution < 1.29 is 4.79 Å². The smallest absolute Gasteiger partial charge is 0.274 e. The molecule has 0 saturated carbocycles. The molecular formula is C18H22N4O. The number of amides is 1. The third kappa shape index (κ3) is 3.86. The molecule has 1 saturated heterocycles. The average molecular weight is 310 g/mol. The van der Waals surface area contributed by atoms with Gasteiger partial charge in [-0.2, -0.15) is 0 Å². The van der Waals surface area contributed by atoms with Crippen LogP contribution in [-0.2, 0) is 0 Å². The average Bonchev–Trinajstić information content (AvgIpc) is 2.58. The van der Waals surface area contributed by atoms with E-state index in [0.29, 0.717) is 17.4 Å². The molecular weight excluding hydrogens is 288 g/mol. The molecule has 1 aliphatic rings. The molecule has 3 rings (SSSR count). The van der Waals surface area contributed by atoms with Gasteiger partial charge in [-0.3, -0.25) is 4.79 Å². The van der Waals surface area contributed by atoms with Gasteiger partial charge in [0.2, 0.25) is 0 Å². The van der Waals surface area contributed by atoms with Gasteiger partial charge in [0, 0.05) is 18.8 Å². The fourth-order valence-electron chi connectivity index (χ4n) is 2.66. The highest BCUT2D eigenvalue weighted by Crippen LogP contribution is 2.18. The summed E-state index contributed by atoms with van der Waals surface area (Å²) < 4.78 is 0. The number of aryl methyl sites for hydroxylation is 1. The summed E-state index contributed by atoms with van der Waals surface area (Å²) in [7, 11) is 0. The van der Waals surface area contributed by atoms with Gasteiger partial charge in [-0.1, -0.05) is 24.6 Å². The van der Waals surface area contributed by atoms with Crippen molar-refractivity contribution >= 4 is 17.4 Å². The Kier molecular flexibility index (Phi) is 4.55. The van der Waals surface area contributed by atoms with Gasteiger partial charge < -0.3 is 10.2 Å². The number of hydrogen-bond donors (Lipinski definition) is 1. The number of carbonyl (C=O) groups is 1. The lowest BCUT2D eigenvalue weighted by Crippen LogP contribution is -2.38. The van der Waals surface area contributed by atoms with Crippen LogP contribution in [0.5, 0.6) is 0 Å². The van der Waals surface area contributed by atoms with Gasteiger partial charge >= 0.3 is 0 Å². The van der Waals surface area contributed by atoms with Crippen LogP contribution in [0.15, 0.2) is 36.7 Å². The number of likely N-dealkylation sites (tertiary alicyclic amines) is 1. The van der Waals surface area contributed by atoms with Crippen molar-refractivity contribution in [3.05, 3.63) is 47.9 Å². The number of anilines is 2. The number of rotatable bonds is 3. The summed E-state index contributed by atoms with van der Waals surface area (Å²) >= 11 is 0. The Labute approximate surface area is 136 Å². The highest BCUT2D eigenvalue weighted by atomic mass is 16.2. The molecule has 1 fully saturated rings. The molecule has 1 N–H and O–H groups in total. The van der Waals surface area contributed by atoms with E-state index in [1.165, 1.54) is 5.56 Å². The minimum absolute atomic E-state index is 0.0220. The molecule has 0 bridgehead atoms. The summed E-state index contributed by atoms with van der Waals surface area (Å²) in [6.45, 7) is 5.90. The highest BCUT2D eigenvalue weighted by Gasteiger charge is 2.22. The van der Waals surface area contributed by atoms with Crippen LogP contribution in [0.4, 0.5) is 11.5 Å². The van der Waals surface area contributed by atoms with Crippen LogP contribution in [0.1, 0.15) is 35.8 Å². The first-order valence-corrected chi connectivity index (χ1v) is 8.07. The Morgan fingerprint density at radius 2 is 1.83 bits per heavy atom. The highest BCUT2D eigenvalue weighted by molar-refractivity contribution is 5.92. The van der Waals surface area contributed by atoms with Gasteiger partial charge in [0.15, 0.2) is 0 Å². The number of aromatic nitrogens is 2. The molecule has 120 valence electrons. The Hall–Kier alpha value is -2.43. The molecule has 2 aromatic rings. The van der Waals surface area contributed by atoms with Crippen LogP contribution in [0.2, 0.25) is 0 Å². The van der Waals surface area contributed by atoms with Crippen molar-refractivity contribution in [3.63, 3.8) is 0 Å². The van der Waals surface area contributed by atoms with E-state index in [1.54, 1.807) is 12.4 Å². The summed E-state index contributed by atoms with van der Waals surface area (Å²) in [5.41, 5.74) is 2.57. The standard InChI is InChI=1S/C18H22N4O/c1-13-3-5-15(6-4-13)21-17-12-19-16(11-20-17)18(23)22-9-7-14(2)8-10-22/h3-6,11-12,14H,7-10H2,1-2H3,(H,20,21). The maximum absolute atomic E-state index is 12.4. The Morgan fingerprint density at radius 3 is 2.43 bits per heavy atom. The second-order valence-electron chi connectivity index (χ2n) is 6.25. The lowest BCUT2D eigenvalue weighted by Gasteiger charge is -2.29. The lowest BCUT2D eigenvalue weighted by atomic mass is 9.99. The van der Waals surface area contributed by atoms with E-state index >= 15 is 0 Å². The first-order valence-electron chi connectivity index (χ1n) is 8.07. The first-order chi connectivity index (χ1) is 11.1. The Balaban J connectivity index is 1.64. The van der Waals surface area contributed by atoms with Crippen molar-refractivity contribution in [2.75, 3.05) is 18.4 Å². The van der Waals surface area contributed by atoms with E-state index < -0.39 is 0 Å². The minimum atomic E-state index is -0.0220. The third-order valence-corrected chi connectivity index (χ3v) is 4.27. The molecule has 1 aliphatic heterocycles. The second kappa shape index (κ2) is 6.77. The zero-order valence-electron chi connectivity index (χ0n) is 13.6. The van der Waals surface area contributed by atoms with Crippen molar-refractivity contribution in [2.24, 2.45) is 5.92 Å². The molecule has 0 spiro atoms. The van der Waals surface area contributed by atoms with Gasteiger partial charge in [0.1, 0.15) is 11.5 Å². The fourth-order valence-corrected chi connectivity index (χ4v) is 2.66. The summed E-state index contributed by atoms with van der Waals surface area (Å²) in [6.07, 6.45) is 5.29. The number of piperidine rings is 1. The molecule has 1 aromatic carbocycles. The molecule has 5 heteroatoms. The van der Waals surface area contributed by atoms with Gasteiger partial charge in [-0.25, -0.2) is 9.97 Å². The lowest BCUT2D eigenvalue weighted by molar-refractivity contribution is 0.0691. The van der Waals surface area contributed by atoms with Crippen LogP contribution in [0.3, 0.4) is 0 Å². The number of carbonyl (C=O) groups excluding carboxylic acids is 1. The monoisotopic (exact) mass is 310 g/mol. The van der Waals surface area contributed by atoms with E-state index in [1.807, 2.05) is 36.1 Å². The van der Waals surface area contributed by atoms with E-state index in [2.05, 4.69) is 22.2 Å². The summed E-state index contributed by atoms with van der Waals surface area (Å²) in [4.78, 5) is 22.9. The van der Waals surface area contributed by atoms with Gasteiger partial charge in [0.25, 0.3) is 5.91 Å². The molecule has 1 aromatic heterocycles. The molecule has 5 nitrogen and oxygen atoms in total. The molecule has 23 heavy (non-hydrogen) atoms. The number of benzene rings is 1. The molecule has 0 radical (unpaired) electrons. The van der Waals surface area contributed by atoms with Crippen molar-refractivity contribution in [2.45, 2.75) is 26.7 Å². The largest absolute Gasteiger partial charge is 0.339 e. The van der Waals surface area contributed by atoms with Crippen molar-refractivity contribution in [1.29, 1.82) is 0 Å². The topological polar surface area (TPSA) is 58.1 Å². The molecule has 0 unspecified atom stereocenters. The summed E-state index contributed by atoms with van der Waals surface area (Å²) in [5.74, 6) is 1.31. The second-order valence-corrected chi connectivity index (χ2v) is 6.25. The molecule has 2 heterocycles. The Bertz CT molecular complexity index is 658. The van der Waals surface area contributed by atoms with Crippen LogP contribution >= 0.6 is 0 Å². The number of nitrogens with zero attached hydrogens (tertiary/aromatic N) is 3. The Morgan fingerprint density at radius 1 is 1.13 bits per heavy atom. The van der Waals surface area contributed by atoms with Crippen molar-refractivity contribution in [3.8, 4) is 0 Å². The quantitative estimate of drug-likeness (QED) is 0.944. The van der Waals surface area contributed by atoms with Gasteiger partial charge in [-0.15, -0.1) is 0 Å². The molecule has 0 atom stereocenters. The van der Waals surface area contributed by atoms with Crippen LogP contribution < -0.4 is 5.32 Å². The normalized spacial score (nSPS) is 15.5. The first kappa shape index (κ1) is 15.5. The van der Waals surface area contributed by atoms with E-state index in [4.69, 9.17) is 0 Å².